The monoisotopic (exact) mass is 538 g/mol. The molecule has 0 bridgehead atoms. The Labute approximate surface area is 229 Å². The first-order chi connectivity index (χ1) is 19.0. The lowest BCUT2D eigenvalue weighted by atomic mass is 9.94. The van der Waals surface area contributed by atoms with E-state index in [4.69, 9.17) is 18.9 Å². The number of rotatable bonds is 11. The van der Waals surface area contributed by atoms with Crippen LogP contribution in [0.25, 0.3) is 0 Å². The number of amides is 2. The van der Waals surface area contributed by atoms with Crippen LogP contribution in [0.3, 0.4) is 0 Å². The van der Waals surface area contributed by atoms with Crippen LogP contribution < -0.4 is 14.8 Å². The molecule has 1 heterocycles. The smallest absolute Gasteiger partial charge is 0.337 e. The molecule has 39 heavy (non-hydrogen) atoms. The quantitative estimate of drug-likeness (QED) is 0.340. The van der Waals surface area contributed by atoms with E-state index >= 15 is 0 Å². The summed E-state index contributed by atoms with van der Waals surface area (Å²) in [5.41, 5.74) is 0.959. The van der Waals surface area contributed by atoms with Gasteiger partial charge in [-0.05, 0) is 56.0 Å². The molecule has 1 saturated carbocycles. The predicted octanol–water partition coefficient (Wildman–Crippen LogP) is 4.06. The Kier molecular flexibility index (Phi) is 10.2. The van der Waals surface area contributed by atoms with E-state index in [9.17, 15) is 14.4 Å². The predicted molar refractivity (Wildman–Crippen MR) is 145 cm³/mol. The van der Waals surface area contributed by atoms with Gasteiger partial charge in [0.05, 0.1) is 12.7 Å². The summed E-state index contributed by atoms with van der Waals surface area (Å²) in [5.74, 6) is -0.00582. The first-order valence-electron chi connectivity index (χ1n) is 13.8. The van der Waals surface area contributed by atoms with E-state index < -0.39 is 18.1 Å². The lowest BCUT2D eigenvalue weighted by Crippen LogP contribution is -2.52. The Bertz CT molecular complexity index is 1110. The van der Waals surface area contributed by atoms with Crippen LogP contribution in [0.15, 0.2) is 48.5 Å². The fraction of sp³-hybridized carbons (Fsp3) is 0.500. The molecule has 9 heteroatoms. The summed E-state index contributed by atoms with van der Waals surface area (Å²) in [6.45, 7) is 3.24. The van der Waals surface area contributed by atoms with E-state index in [0.717, 1.165) is 32.1 Å². The van der Waals surface area contributed by atoms with E-state index in [2.05, 4.69) is 5.32 Å². The van der Waals surface area contributed by atoms with Crippen LogP contribution in [0.5, 0.6) is 11.5 Å². The molecule has 2 atom stereocenters. The highest BCUT2D eigenvalue weighted by Crippen LogP contribution is 2.33. The largest absolute Gasteiger partial charge is 0.485 e. The van der Waals surface area contributed by atoms with Gasteiger partial charge in [0.2, 0.25) is 12.0 Å². The van der Waals surface area contributed by atoms with Crippen LogP contribution >= 0.6 is 0 Å². The maximum Gasteiger partial charge on any atom is 0.337 e. The van der Waals surface area contributed by atoms with Gasteiger partial charge in [-0.1, -0.05) is 43.5 Å². The molecule has 4 rings (SSSR count). The average molecular weight is 539 g/mol. The first-order valence-corrected chi connectivity index (χ1v) is 13.8. The van der Waals surface area contributed by atoms with Crippen molar-refractivity contribution in [3.05, 3.63) is 59.7 Å². The van der Waals surface area contributed by atoms with Crippen LogP contribution in [0.4, 0.5) is 0 Å². The number of esters is 1. The second-order valence-electron chi connectivity index (χ2n) is 9.81. The Hall–Kier alpha value is -3.59. The summed E-state index contributed by atoms with van der Waals surface area (Å²) in [6, 6.07) is 13.0. The highest BCUT2D eigenvalue weighted by Gasteiger charge is 2.38. The summed E-state index contributed by atoms with van der Waals surface area (Å²) in [7, 11) is 1.32. The molecule has 0 radical (unpaired) electrons. The zero-order chi connectivity index (χ0) is 27.6. The van der Waals surface area contributed by atoms with Gasteiger partial charge in [0.1, 0.15) is 12.6 Å². The third kappa shape index (κ3) is 7.29. The van der Waals surface area contributed by atoms with Gasteiger partial charge >= 0.3 is 5.97 Å². The number of nitrogens with zero attached hydrogens (tertiary/aromatic N) is 1. The number of benzene rings is 2. The standard InChI is InChI=1S/C30H38N2O7/c1-3-37-19-9-18-32(29(34)26-20-38-24-12-7-8-13-25(24)39-26)27(28(33)31-23-10-5-4-6-11-23)21-14-16-22(17-15-21)30(35)36-2/h7-8,12-17,23,26-27H,3-6,9-11,18-20H2,1-2H3,(H,31,33)/t26-,27+/m0/s1. The van der Waals surface area contributed by atoms with Crippen molar-refractivity contribution in [2.45, 2.75) is 63.6 Å². The second-order valence-corrected chi connectivity index (χ2v) is 9.81. The van der Waals surface area contributed by atoms with Gasteiger partial charge < -0.3 is 29.2 Å². The zero-order valence-electron chi connectivity index (χ0n) is 22.7. The van der Waals surface area contributed by atoms with Crippen molar-refractivity contribution in [3.63, 3.8) is 0 Å². The van der Waals surface area contributed by atoms with Crippen molar-refractivity contribution in [2.24, 2.45) is 0 Å². The van der Waals surface area contributed by atoms with Gasteiger partial charge in [0, 0.05) is 25.8 Å². The average Bonchev–Trinajstić information content (AvgIpc) is 2.98. The molecule has 1 aliphatic heterocycles. The van der Waals surface area contributed by atoms with Gasteiger partial charge in [-0.25, -0.2) is 4.79 Å². The number of fused-ring (bicyclic) bond motifs is 1. The minimum atomic E-state index is -0.923. The van der Waals surface area contributed by atoms with E-state index in [0.29, 0.717) is 42.3 Å². The van der Waals surface area contributed by atoms with Crippen molar-refractivity contribution in [1.82, 2.24) is 10.2 Å². The maximum absolute atomic E-state index is 14.0. The molecule has 0 unspecified atom stereocenters. The molecular weight excluding hydrogens is 500 g/mol. The van der Waals surface area contributed by atoms with E-state index in [1.807, 2.05) is 19.1 Å². The number of hydrogen-bond acceptors (Lipinski definition) is 7. The number of ether oxygens (including phenoxy) is 4. The number of carbonyl (C=O) groups excluding carboxylic acids is 3. The van der Waals surface area contributed by atoms with E-state index in [1.54, 1.807) is 41.3 Å². The van der Waals surface area contributed by atoms with Crippen LogP contribution in [-0.4, -0.2) is 68.3 Å². The van der Waals surface area contributed by atoms with Crippen LogP contribution in [0.1, 0.15) is 67.4 Å². The minimum Gasteiger partial charge on any atom is -0.485 e. The fourth-order valence-corrected chi connectivity index (χ4v) is 5.09. The number of nitrogens with one attached hydrogen (secondary N) is 1. The summed E-state index contributed by atoms with van der Waals surface area (Å²) in [5, 5.41) is 3.19. The van der Waals surface area contributed by atoms with Crippen molar-refractivity contribution < 1.29 is 33.3 Å². The summed E-state index contributed by atoms with van der Waals surface area (Å²) >= 11 is 0. The fourth-order valence-electron chi connectivity index (χ4n) is 5.09. The lowest BCUT2D eigenvalue weighted by molar-refractivity contribution is -0.149. The number of carbonyl (C=O) groups is 3. The molecule has 2 aliphatic rings. The van der Waals surface area contributed by atoms with Gasteiger partial charge in [-0.2, -0.15) is 0 Å². The number of hydrogen-bond donors (Lipinski definition) is 1. The lowest BCUT2D eigenvalue weighted by Gasteiger charge is -2.36. The van der Waals surface area contributed by atoms with Crippen molar-refractivity contribution in [3.8, 4) is 11.5 Å². The van der Waals surface area contributed by atoms with Crippen molar-refractivity contribution in [1.29, 1.82) is 0 Å². The molecule has 1 aliphatic carbocycles. The molecule has 1 N–H and O–H groups in total. The van der Waals surface area contributed by atoms with Gasteiger partial charge in [0.15, 0.2) is 11.5 Å². The van der Waals surface area contributed by atoms with Crippen LogP contribution in [0, 0.1) is 0 Å². The Morgan fingerprint density at radius 2 is 1.74 bits per heavy atom. The van der Waals surface area contributed by atoms with Crippen LogP contribution in [-0.2, 0) is 19.1 Å². The molecule has 210 valence electrons. The second kappa shape index (κ2) is 14.0. The third-order valence-corrected chi connectivity index (χ3v) is 7.12. The number of para-hydroxylation sites is 2. The molecule has 2 amide bonds. The Morgan fingerprint density at radius 3 is 2.44 bits per heavy atom. The Morgan fingerprint density at radius 1 is 1.03 bits per heavy atom. The molecule has 2 aromatic carbocycles. The first kappa shape index (κ1) is 28.4. The minimum absolute atomic E-state index is 0.0377. The van der Waals surface area contributed by atoms with E-state index in [1.165, 1.54) is 7.11 Å². The Balaban J connectivity index is 1.64. The molecular formula is C30H38N2O7. The molecule has 0 spiro atoms. The maximum atomic E-state index is 14.0. The molecule has 1 fully saturated rings. The molecule has 0 aromatic heterocycles. The molecule has 9 nitrogen and oxygen atoms in total. The van der Waals surface area contributed by atoms with Gasteiger partial charge in [-0.15, -0.1) is 0 Å². The van der Waals surface area contributed by atoms with E-state index in [-0.39, 0.29) is 31.0 Å². The highest BCUT2D eigenvalue weighted by atomic mass is 16.6. The van der Waals surface area contributed by atoms with Crippen LogP contribution in [0.2, 0.25) is 0 Å². The van der Waals surface area contributed by atoms with Crippen molar-refractivity contribution >= 4 is 17.8 Å². The molecule has 2 aromatic rings. The molecule has 0 saturated heterocycles. The highest BCUT2D eigenvalue weighted by molar-refractivity contribution is 5.92. The normalized spacial score (nSPS) is 17.6. The summed E-state index contributed by atoms with van der Waals surface area (Å²) in [4.78, 5) is 41.5. The SMILES string of the molecule is CCOCCCN(C(=O)[C@@H]1COc2ccccc2O1)[C@@H](C(=O)NC1CCCCC1)c1ccc(C(=O)OC)cc1. The summed E-state index contributed by atoms with van der Waals surface area (Å²) in [6.07, 6.45) is 4.74. The van der Waals surface area contributed by atoms with Crippen molar-refractivity contribution in [2.75, 3.05) is 33.5 Å². The zero-order valence-corrected chi connectivity index (χ0v) is 22.7. The van der Waals surface area contributed by atoms with Gasteiger partial charge in [0.25, 0.3) is 5.91 Å². The summed E-state index contributed by atoms with van der Waals surface area (Å²) < 4.78 is 22.2. The van der Waals surface area contributed by atoms with Gasteiger partial charge in [-0.3, -0.25) is 9.59 Å². The topological polar surface area (TPSA) is 103 Å². The third-order valence-electron chi connectivity index (χ3n) is 7.12. The number of methoxy groups -OCH3 is 1.